The van der Waals surface area contributed by atoms with Gasteiger partial charge in [0.15, 0.2) is 16.8 Å². The molecule has 0 aliphatic heterocycles. The Morgan fingerprint density at radius 3 is 2.59 bits per heavy atom. The molecule has 0 fully saturated rings. The highest BCUT2D eigenvalue weighted by molar-refractivity contribution is 7.98. The quantitative estimate of drug-likeness (QED) is 0.344. The molecule has 0 saturated heterocycles. The molecule has 4 aromatic rings. The molecule has 4 nitrogen and oxygen atoms in total. The van der Waals surface area contributed by atoms with Crippen LogP contribution in [-0.2, 0) is 5.75 Å². The molecule has 0 spiro atoms. The van der Waals surface area contributed by atoms with Gasteiger partial charge in [-0.2, -0.15) is 0 Å². The first-order chi connectivity index (χ1) is 14.1. The van der Waals surface area contributed by atoms with Gasteiger partial charge in [0.2, 0.25) is 0 Å². The third-order valence-corrected chi connectivity index (χ3v) is 5.45. The number of halogens is 2. The topological polar surface area (TPSA) is 44.1 Å². The molecule has 0 unspecified atom stereocenters. The lowest BCUT2D eigenvalue weighted by atomic mass is 10.2. The van der Waals surface area contributed by atoms with Gasteiger partial charge in [-0.05, 0) is 30.3 Å². The summed E-state index contributed by atoms with van der Waals surface area (Å²) in [5.74, 6) is -1.18. The third kappa shape index (κ3) is 3.61. The van der Waals surface area contributed by atoms with E-state index >= 15 is 0 Å². The van der Waals surface area contributed by atoms with E-state index in [9.17, 15) is 13.6 Å². The van der Waals surface area contributed by atoms with Crippen molar-refractivity contribution < 1.29 is 13.5 Å². The van der Waals surface area contributed by atoms with Crippen LogP contribution in [-0.4, -0.2) is 16.7 Å². The zero-order valence-electron chi connectivity index (χ0n) is 15.4. The van der Waals surface area contributed by atoms with Gasteiger partial charge in [0, 0.05) is 11.3 Å². The fourth-order valence-corrected chi connectivity index (χ4v) is 4.02. The molecule has 1 aromatic heterocycles. The van der Waals surface area contributed by atoms with Crippen LogP contribution in [0.4, 0.5) is 8.78 Å². The van der Waals surface area contributed by atoms with Crippen molar-refractivity contribution in [3.63, 3.8) is 0 Å². The molecule has 7 heteroatoms. The number of thioether (sulfide) groups is 1. The molecular weight excluding hydrogens is 394 g/mol. The smallest absolute Gasteiger partial charge is 0.266 e. The largest absolute Gasteiger partial charge is 0.495 e. The summed E-state index contributed by atoms with van der Waals surface area (Å²) in [4.78, 5) is 17.9. The van der Waals surface area contributed by atoms with Crippen molar-refractivity contribution in [2.75, 3.05) is 7.11 Å². The van der Waals surface area contributed by atoms with Gasteiger partial charge in [-0.15, -0.1) is 0 Å². The van der Waals surface area contributed by atoms with Gasteiger partial charge >= 0.3 is 0 Å². The summed E-state index contributed by atoms with van der Waals surface area (Å²) in [5, 5.41) is 0.821. The molecule has 0 aliphatic carbocycles. The molecule has 1 heterocycles. The molecule has 146 valence electrons. The maximum atomic E-state index is 14.1. The molecule has 0 aliphatic rings. The van der Waals surface area contributed by atoms with Crippen LogP contribution in [0.1, 0.15) is 5.56 Å². The first-order valence-electron chi connectivity index (χ1n) is 8.81. The van der Waals surface area contributed by atoms with Gasteiger partial charge in [0.1, 0.15) is 5.75 Å². The first kappa shape index (κ1) is 19.1. The second kappa shape index (κ2) is 8.05. The predicted octanol–water partition coefficient (Wildman–Crippen LogP) is 4.96. The number of ether oxygens (including phenoxy) is 1. The highest BCUT2D eigenvalue weighted by atomic mass is 32.2. The number of para-hydroxylation sites is 3. The Hall–Kier alpha value is -3.19. The standard InChI is InChI=1S/C22H16F2N2O2S/c1-28-19-12-5-4-11-18(19)26-21(27)15-8-2-3-10-17(15)25-22(26)29-13-14-7-6-9-16(23)20(14)24/h2-12H,13H2,1H3. The van der Waals surface area contributed by atoms with E-state index < -0.39 is 11.6 Å². The molecule has 0 N–H and O–H groups in total. The maximum absolute atomic E-state index is 14.1. The SMILES string of the molecule is COc1ccccc1-n1c(SCc2cccc(F)c2F)nc2ccccc2c1=O. The normalized spacial score (nSPS) is 11.0. The van der Waals surface area contributed by atoms with E-state index in [4.69, 9.17) is 4.74 Å². The van der Waals surface area contributed by atoms with Crippen LogP contribution in [0.5, 0.6) is 5.75 Å². The number of nitrogens with zero attached hydrogens (tertiary/aromatic N) is 2. The van der Waals surface area contributed by atoms with Crippen molar-refractivity contribution in [2.45, 2.75) is 10.9 Å². The lowest BCUT2D eigenvalue weighted by Gasteiger charge is -2.15. The van der Waals surface area contributed by atoms with Gasteiger partial charge in [-0.25, -0.2) is 13.8 Å². The average Bonchev–Trinajstić information content (AvgIpc) is 2.75. The van der Waals surface area contributed by atoms with Gasteiger partial charge in [0.05, 0.1) is 23.7 Å². The Labute approximate surface area is 169 Å². The molecule has 0 saturated carbocycles. The van der Waals surface area contributed by atoms with Crippen LogP contribution in [0.15, 0.2) is 76.7 Å². The average molecular weight is 410 g/mol. The number of hydrogen-bond donors (Lipinski definition) is 0. The van der Waals surface area contributed by atoms with Crippen LogP contribution in [0.2, 0.25) is 0 Å². The summed E-state index contributed by atoms with van der Waals surface area (Å²) < 4.78 is 34.5. The number of hydrogen-bond acceptors (Lipinski definition) is 4. The summed E-state index contributed by atoms with van der Waals surface area (Å²) in [6, 6.07) is 18.2. The predicted molar refractivity (Wildman–Crippen MR) is 110 cm³/mol. The Morgan fingerprint density at radius 1 is 1.00 bits per heavy atom. The zero-order valence-corrected chi connectivity index (χ0v) is 16.2. The Morgan fingerprint density at radius 2 is 1.76 bits per heavy atom. The van der Waals surface area contributed by atoms with Crippen LogP contribution in [0.3, 0.4) is 0 Å². The second-order valence-corrected chi connectivity index (χ2v) is 7.17. The van der Waals surface area contributed by atoms with Crippen molar-refractivity contribution in [1.29, 1.82) is 0 Å². The summed E-state index contributed by atoms with van der Waals surface area (Å²) in [6.45, 7) is 0. The Balaban J connectivity index is 1.88. The van der Waals surface area contributed by atoms with Crippen LogP contribution in [0.25, 0.3) is 16.6 Å². The van der Waals surface area contributed by atoms with E-state index in [0.717, 1.165) is 17.8 Å². The van der Waals surface area contributed by atoms with Crippen molar-refractivity contribution >= 4 is 22.7 Å². The highest BCUT2D eigenvalue weighted by Gasteiger charge is 2.17. The lowest BCUT2D eigenvalue weighted by molar-refractivity contribution is 0.411. The fourth-order valence-electron chi connectivity index (χ4n) is 3.04. The Bertz CT molecular complexity index is 1260. The summed E-state index contributed by atoms with van der Waals surface area (Å²) >= 11 is 1.16. The summed E-state index contributed by atoms with van der Waals surface area (Å²) in [5.41, 5.74) is 0.998. The van der Waals surface area contributed by atoms with Gasteiger partial charge in [0.25, 0.3) is 5.56 Å². The van der Waals surface area contributed by atoms with E-state index in [1.165, 1.54) is 23.8 Å². The fraction of sp³-hybridized carbons (Fsp3) is 0.0909. The third-order valence-electron chi connectivity index (χ3n) is 4.46. The lowest BCUT2D eigenvalue weighted by Crippen LogP contribution is -2.22. The minimum Gasteiger partial charge on any atom is -0.495 e. The molecule has 4 rings (SSSR count). The molecular formula is C22H16F2N2O2S. The molecule has 0 amide bonds. The second-order valence-electron chi connectivity index (χ2n) is 6.23. The zero-order chi connectivity index (χ0) is 20.4. The van der Waals surface area contributed by atoms with E-state index in [1.807, 2.05) is 0 Å². The van der Waals surface area contributed by atoms with Crippen molar-refractivity contribution in [2.24, 2.45) is 0 Å². The number of benzene rings is 3. The number of rotatable bonds is 5. The van der Waals surface area contributed by atoms with E-state index in [2.05, 4.69) is 4.98 Å². The summed E-state index contributed by atoms with van der Waals surface area (Å²) in [7, 11) is 1.52. The minimum absolute atomic E-state index is 0.115. The van der Waals surface area contributed by atoms with Gasteiger partial charge < -0.3 is 4.74 Å². The first-order valence-corrected chi connectivity index (χ1v) is 9.79. The number of methoxy groups -OCH3 is 1. The molecule has 0 radical (unpaired) electrons. The maximum Gasteiger partial charge on any atom is 0.266 e. The summed E-state index contributed by atoms with van der Waals surface area (Å²) in [6.07, 6.45) is 0. The monoisotopic (exact) mass is 410 g/mol. The highest BCUT2D eigenvalue weighted by Crippen LogP contribution is 2.29. The molecule has 0 atom stereocenters. The molecule has 29 heavy (non-hydrogen) atoms. The Kier molecular flexibility index (Phi) is 5.31. The molecule has 0 bridgehead atoms. The van der Waals surface area contributed by atoms with Crippen molar-refractivity contribution in [3.8, 4) is 11.4 Å². The molecule has 3 aromatic carbocycles. The minimum atomic E-state index is -0.906. The van der Waals surface area contributed by atoms with Crippen LogP contribution < -0.4 is 10.3 Å². The van der Waals surface area contributed by atoms with Crippen LogP contribution >= 0.6 is 11.8 Å². The van der Waals surface area contributed by atoms with E-state index in [0.29, 0.717) is 27.5 Å². The number of fused-ring (bicyclic) bond motifs is 1. The van der Waals surface area contributed by atoms with Crippen LogP contribution in [0, 0.1) is 11.6 Å². The van der Waals surface area contributed by atoms with Gasteiger partial charge in [-0.1, -0.05) is 48.2 Å². The van der Waals surface area contributed by atoms with E-state index in [1.54, 1.807) is 48.5 Å². The van der Waals surface area contributed by atoms with Crippen molar-refractivity contribution in [3.05, 3.63) is 94.3 Å². The van der Waals surface area contributed by atoms with Gasteiger partial charge in [-0.3, -0.25) is 9.36 Å². The van der Waals surface area contributed by atoms with Crippen molar-refractivity contribution in [1.82, 2.24) is 9.55 Å². The number of aromatic nitrogens is 2. The van der Waals surface area contributed by atoms with E-state index in [-0.39, 0.29) is 16.9 Å².